The Labute approximate surface area is 77.4 Å². The largest absolute Gasteiger partial charge is 0.310 e. The summed E-state index contributed by atoms with van der Waals surface area (Å²) >= 11 is 0. The lowest BCUT2D eigenvalue weighted by Gasteiger charge is -2.08. The van der Waals surface area contributed by atoms with Gasteiger partial charge in [0.2, 0.25) is 0 Å². The van der Waals surface area contributed by atoms with Crippen molar-refractivity contribution in [3.63, 3.8) is 0 Å². The molecule has 0 bridgehead atoms. The van der Waals surface area contributed by atoms with Crippen LogP contribution in [0.5, 0.6) is 0 Å². The van der Waals surface area contributed by atoms with Gasteiger partial charge < -0.3 is 5.32 Å². The fourth-order valence-electron chi connectivity index (χ4n) is 1.65. The van der Waals surface area contributed by atoms with Crippen molar-refractivity contribution in [2.45, 2.75) is 18.9 Å². The Bertz CT molecular complexity index is 317. The Kier molecular flexibility index (Phi) is 2.24. The standard InChI is InChI=1S/C10H11N3/c11-6-9-4-3-8(7-13-9)10-2-1-5-12-10/h3-4,7,10,12H,1-2,5H2/t10-/m1/s1. The fourth-order valence-corrected chi connectivity index (χ4v) is 1.65. The quantitative estimate of drug-likeness (QED) is 0.698. The number of nitrogens with zero attached hydrogens (tertiary/aromatic N) is 2. The highest BCUT2D eigenvalue weighted by Gasteiger charge is 2.15. The summed E-state index contributed by atoms with van der Waals surface area (Å²) in [7, 11) is 0. The summed E-state index contributed by atoms with van der Waals surface area (Å²) < 4.78 is 0. The van der Waals surface area contributed by atoms with Crippen LogP contribution in [0, 0.1) is 11.3 Å². The second-order valence-electron chi connectivity index (χ2n) is 3.24. The Morgan fingerprint density at radius 1 is 1.54 bits per heavy atom. The second-order valence-corrected chi connectivity index (χ2v) is 3.24. The van der Waals surface area contributed by atoms with E-state index in [1.807, 2.05) is 12.1 Å². The van der Waals surface area contributed by atoms with Crippen LogP contribution < -0.4 is 5.32 Å². The van der Waals surface area contributed by atoms with Gasteiger partial charge in [-0.05, 0) is 31.0 Å². The van der Waals surface area contributed by atoms with Gasteiger partial charge in [-0.2, -0.15) is 5.26 Å². The summed E-state index contributed by atoms with van der Waals surface area (Å²) in [4.78, 5) is 4.04. The zero-order valence-corrected chi connectivity index (χ0v) is 7.33. The lowest BCUT2D eigenvalue weighted by atomic mass is 10.1. The van der Waals surface area contributed by atoms with Gasteiger partial charge in [-0.25, -0.2) is 4.98 Å². The number of hydrogen-bond donors (Lipinski definition) is 1. The van der Waals surface area contributed by atoms with Crippen LogP contribution in [0.4, 0.5) is 0 Å². The molecule has 0 spiro atoms. The first-order valence-corrected chi connectivity index (χ1v) is 4.49. The molecule has 0 aromatic carbocycles. The lowest BCUT2D eigenvalue weighted by Crippen LogP contribution is -2.12. The monoisotopic (exact) mass is 173 g/mol. The predicted octanol–water partition coefficient (Wildman–Crippen LogP) is 1.38. The maximum Gasteiger partial charge on any atom is 0.140 e. The highest BCUT2D eigenvalue weighted by atomic mass is 14.9. The number of hydrogen-bond acceptors (Lipinski definition) is 3. The van der Waals surface area contributed by atoms with E-state index in [1.165, 1.54) is 18.4 Å². The summed E-state index contributed by atoms with van der Waals surface area (Å²) in [5.74, 6) is 0. The molecule has 0 unspecified atom stereocenters. The molecule has 1 aliphatic rings. The van der Waals surface area contributed by atoms with Gasteiger partial charge in [0, 0.05) is 12.2 Å². The molecule has 0 saturated carbocycles. The maximum absolute atomic E-state index is 8.57. The summed E-state index contributed by atoms with van der Waals surface area (Å²) in [5, 5.41) is 12.0. The van der Waals surface area contributed by atoms with Crippen molar-refractivity contribution in [1.29, 1.82) is 5.26 Å². The lowest BCUT2D eigenvalue weighted by molar-refractivity contribution is 0.645. The first kappa shape index (κ1) is 8.21. The molecule has 0 radical (unpaired) electrons. The van der Waals surface area contributed by atoms with Crippen LogP contribution in [-0.2, 0) is 0 Å². The van der Waals surface area contributed by atoms with E-state index < -0.39 is 0 Å². The summed E-state index contributed by atoms with van der Waals surface area (Å²) in [6, 6.07) is 6.21. The summed E-state index contributed by atoms with van der Waals surface area (Å²) in [6.45, 7) is 1.09. The molecule has 1 aliphatic heterocycles. The van der Waals surface area contributed by atoms with E-state index in [2.05, 4.69) is 10.3 Å². The zero-order valence-electron chi connectivity index (χ0n) is 7.33. The average molecular weight is 173 g/mol. The van der Waals surface area contributed by atoms with Crippen LogP contribution in [0.1, 0.15) is 30.1 Å². The zero-order chi connectivity index (χ0) is 9.10. The highest BCUT2D eigenvalue weighted by Crippen LogP contribution is 2.21. The predicted molar refractivity (Wildman–Crippen MR) is 48.9 cm³/mol. The highest BCUT2D eigenvalue weighted by molar-refractivity contribution is 5.25. The molecule has 3 heteroatoms. The first-order valence-electron chi connectivity index (χ1n) is 4.49. The minimum atomic E-state index is 0.445. The molecular formula is C10H11N3. The first-order chi connectivity index (χ1) is 6.40. The van der Waals surface area contributed by atoms with Crippen LogP contribution >= 0.6 is 0 Å². The molecule has 1 aromatic rings. The second kappa shape index (κ2) is 3.55. The third kappa shape index (κ3) is 1.68. The molecule has 1 atom stereocenters. The molecular weight excluding hydrogens is 162 g/mol. The third-order valence-electron chi connectivity index (χ3n) is 2.36. The van der Waals surface area contributed by atoms with Crippen molar-refractivity contribution in [3.8, 4) is 6.07 Å². The van der Waals surface area contributed by atoms with E-state index >= 15 is 0 Å². The van der Waals surface area contributed by atoms with E-state index in [0.29, 0.717) is 11.7 Å². The molecule has 2 heterocycles. The molecule has 66 valence electrons. The van der Waals surface area contributed by atoms with Gasteiger partial charge in [0.1, 0.15) is 11.8 Å². The number of rotatable bonds is 1. The van der Waals surface area contributed by atoms with Crippen LogP contribution in [-0.4, -0.2) is 11.5 Å². The Balaban J connectivity index is 2.18. The van der Waals surface area contributed by atoms with Crippen molar-refractivity contribution < 1.29 is 0 Å². The van der Waals surface area contributed by atoms with Crippen LogP contribution in [0.3, 0.4) is 0 Å². The normalized spacial score (nSPS) is 21.3. The molecule has 1 fully saturated rings. The number of nitrogens with one attached hydrogen (secondary N) is 1. The van der Waals surface area contributed by atoms with E-state index in [4.69, 9.17) is 5.26 Å². The summed E-state index contributed by atoms with van der Waals surface area (Å²) in [5.41, 5.74) is 1.68. The van der Waals surface area contributed by atoms with Gasteiger partial charge in [-0.3, -0.25) is 0 Å². The molecule has 0 aliphatic carbocycles. The average Bonchev–Trinajstić information content (AvgIpc) is 2.71. The molecule has 13 heavy (non-hydrogen) atoms. The van der Waals surface area contributed by atoms with E-state index in [1.54, 1.807) is 12.3 Å². The maximum atomic E-state index is 8.57. The van der Waals surface area contributed by atoms with Gasteiger partial charge in [-0.1, -0.05) is 6.07 Å². The molecule has 3 nitrogen and oxygen atoms in total. The fraction of sp³-hybridized carbons (Fsp3) is 0.400. The third-order valence-corrected chi connectivity index (χ3v) is 2.36. The van der Waals surface area contributed by atoms with Crippen LogP contribution in [0.25, 0.3) is 0 Å². The molecule has 1 saturated heterocycles. The summed E-state index contributed by atoms with van der Waals surface area (Å²) in [6.07, 6.45) is 4.19. The van der Waals surface area contributed by atoms with Gasteiger partial charge >= 0.3 is 0 Å². The molecule has 2 rings (SSSR count). The smallest absolute Gasteiger partial charge is 0.140 e. The van der Waals surface area contributed by atoms with Gasteiger partial charge in [0.15, 0.2) is 0 Å². The number of pyridine rings is 1. The van der Waals surface area contributed by atoms with E-state index in [0.717, 1.165) is 6.54 Å². The minimum absolute atomic E-state index is 0.445. The van der Waals surface area contributed by atoms with E-state index in [-0.39, 0.29) is 0 Å². The van der Waals surface area contributed by atoms with Crippen molar-refractivity contribution in [2.24, 2.45) is 0 Å². The number of aromatic nitrogens is 1. The van der Waals surface area contributed by atoms with Crippen LogP contribution in [0.15, 0.2) is 18.3 Å². The minimum Gasteiger partial charge on any atom is -0.310 e. The van der Waals surface area contributed by atoms with Gasteiger partial charge in [0.25, 0.3) is 0 Å². The Morgan fingerprint density at radius 3 is 3.00 bits per heavy atom. The Morgan fingerprint density at radius 2 is 2.46 bits per heavy atom. The Hall–Kier alpha value is -1.40. The van der Waals surface area contributed by atoms with E-state index in [9.17, 15) is 0 Å². The van der Waals surface area contributed by atoms with Crippen LogP contribution in [0.2, 0.25) is 0 Å². The van der Waals surface area contributed by atoms with Gasteiger partial charge in [0.05, 0.1) is 0 Å². The number of nitriles is 1. The van der Waals surface area contributed by atoms with Crippen molar-refractivity contribution in [3.05, 3.63) is 29.6 Å². The molecule has 1 N–H and O–H groups in total. The SMILES string of the molecule is N#Cc1ccc([C@H]2CCCN2)cn1. The van der Waals surface area contributed by atoms with Crippen molar-refractivity contribution in [2.75, 3.05) is 6.54 Å². The van der Waals surface area contributed by atoms with Crippen molar-refractivity contribution >= 4 is 0 Å². The van der Waals surface area contributed by atoms with Crippen molar-refractivity contribution in [1.82, 2.24) is 10.3 Å². The molecule has 1 aromatic heterocycles. The molecule has 0 amide bonds. The van der Waals surface area contributed by atoms with Gasteiger partial charge in [-0.15, -0.1) is 0 Å². The topological polar surface area (TPSA) is 48.7 Å².